The number of benzene rings is 2. The maximum atomic E-state index is 9.33. The first-order chi connectivity index (χ1) is 9.88. The van der Waals surface area contributed by atoms with Gasteiger partial charge in [0, 0.05) is 18.5 Å². The van der Waals surface area contributed by atoms with Crippen LogP contribution in [-0.4, -0.2) is 22.6 Å². The second-order valence-corrected chi connectivity index (χ2v) is 5.39. The van der Waals surface area contributed by atoms with Gasteiger partial charge in [-0.2, -0.15) is 4.37 Å². The van der Waals surface area contributed by atoms with Gasteiger partial charge in [-0.25, -0.2) is 0 Å². The first kappa shape index (κ1) is 13.1. The van der Waals surface area contributed by atoms with E-state index in [1.165, 1.54) is 17.1 Å². The Balaban J connectivity index is 1.94. The third-order valence-electron chi connectivity index (χ3n) is 3.24. The number of fused-ring (bicyclic) bond motifs is 1. The zero-order chi connectivity index (χ0) is 13.8. The van der Waals surface area contributed by atoms with Crippen LogP contribution >= 0.6 is 11.5 Å². The molecule has 0 fully saturated rings. The van der Waals surface area contributed by atoms with Gasteiger partial charge in [-0.15, -0.1) is 0 Å². The molecule has 0 aliphatic carbocycles. The van der Waals surface area contributed by atoms with Gasteiger partial charge >= 0.3 is 0 Å². The lowest BCUT2D eigenvalue weighted by molar-refractivity contribution is 0.302. The van der Waals surface area contributed by atoms with Crippen LogP contribution in [0.15, 0.2) is 54.6 Å². The highest BCUT2D eigenvalue weighted by Gasteiger charge is 2.13. The van der Waals surface area contributed by atoms with Crippen molar-refractivity contribution in [3.8, 4) is 0 Å². The molecular weight excluding hydrogens is 268 g/mol. The number of hydrogen-bond acceptors (Lipinski definition) is 4. The van der Waals surface area contributed by atoms with E-state index in [1.807, 2.05) is 36.4 Å². The minimum atomic E-state index is 0.138. The van der Waals surface area contributed by atoms with Crippen molar-refractivity contribution in [2.24, 2.45) is 0 Å². The van der Waals surface area contributed by atoms with Crippen LogP contribution in [-0.2, 0) is 6.54 Å². The van der Waals surface area contributed by atoms with Crippen molar-refractivity contribution >= 4 is 27.4 Å². The molecule has 3 nitrogen and oxygen atoms in total. The topological polar surface area (TPSA) is 36.4 Å². The summed E-state index contributed by atoms with van der Waals surface area (Å²) >= 11 is 1.49. The van der Waals surface area contributed by atoms with Crippen molar-refractivity contribution in [3.05, 3.63) is 60.2 Å². The molecule has 1 heterocycles. The summed E-state index contributed by atoms with van der Waals surface area (Å²) in [7, 11) is 0. The molecule has 0 unspecified atom stereocenters. The lowest BCUT2D eigenvalue weighted by atomic mass is 10.2. The third kappa shape index (κ3) is 2.66. The van der Waals surface area contributed by atoms with Crippen LogP contribution in [0.1, 0.15) is 5.56 Å². The van der Waals surface area contributed by atoms with Crippen molar-refractivity contribution < 1.29 is 5.11 Å². The number of rotatable bonds is 5. The third-order valence-corrected chi connectivity index (χ3v) is 4.18. The van der Waals surface area contributed by atoms with Crippen molar-refractivity contribution in [2.75, 3.05) is 18.1 Å². The molecule has 0 amide bonds. The molecule has 0 saturated heterocycles. The van der Waals surface area contributed by atoms with Gasteiger partial charge in [0.15, 0.2) is 0 Å². The highest BCUT2D eigenvalue weighted by Crippen LogP contribution is 2.31. The van der Waals surface area contributed by atoms with Crippen molar-refractivity contribution in [3.63, 3.8) is 0 Å². The molecule has 1 N–H and O–H groups in total. The van der Waals surface area contributed by atoms with Gasteiger partial charge in [-0.05, 0) is 29.2 Å². The maximum absolute atomic E-state index is 9.33. The van der Waals surface area contributed by atoms with E-state index in [2.05, 4.69) is 27.5 Å². The molecule has 0 aliphatic heterocycles. The summed E-state index contributed by atoms with van der Waals surface area (Å²) in [5, 5.41) is 11.6. The number of aliphatic hydroxyl groups excluding tert-OH is 1. The van der Waals surface area contributed by atoms with Crippen LogP contribution < -0.4 is 4.90 Å². The molecule has 0 bridgehead atoms. The molecule has 20 heavy (non-hydrogen) atoms. The van der Waals surface area contributed by atoms with E-state index in [-0.39, 0.29) is 6.61 Å². The Morgan fingerprint density at radius 3 is 2.55 bits per heavy atom. The zero-order valence-electron chi connectivity index (χ0n) is 11.1. The van der Waals surface area contributed by atoms with Gasteiger partial charge in [0.25, 0.3) is 0 Å². The van der Waals surface area contributed by atoms with Crippen molar-refractivity contribution in [1.82, 2.24) is 4.37 Å². The predicted molar refractivity (Wildman–Crippen MR) is 84.2 cm³/mol. The average Bonchev–Trinajstić information content (AvgIpc) is 2.92. The smallest absolute Gasteiger partial charge is 0.120 e. The Hall–Kier alpha value is -1.91. The number of hydrogen-bond donors (Lipinski definition) is 1. The van der Waals surface area contributed by atoms with Crippen LogP contribution in [0.3, 0.4) is 0 Å². The van der Waals surface area contributed by atoms with Gasteiger partial charge < -0.3 is 10.0 Å². The molecule has 3 aromatic rings. The standard InChI is InChI=1S/C16H16N2OS/c19-11-10-18(12-13-6-2-1-3-7-13)16-14-8-4-5-9-15(14)17-20-16/h1-9,19H,10-12H2. The van der Waals surface area contributed by atoms with Gasteiger partial charge in [-0.3, -0.25) is 0 Å². The monoisotopic (exact) mass is 284 g/mol. The molecule has 102 valence electrons. The number of nitrogens with zero attached hydrogens (tertiary/aromatic N) is 2. The second-order valence-electron chi connectivity index (χ2n) is 4.64. The summed E-state index contributed by atoms with van der Waals surface area (Å²) in [5.74, 6) is 0. The normalized spacial score (nSPS) is 10.8. The Labute approximate surface area is 122 Å². The van der Waals surface area contributed by atoms with Crippen LogP contribution in [0, 0.1) is 0 Å². The Morgan fingerprint density at radius 2 is 1.75 bits per heavy atom. The van der Waals surface area contributed by atoms with Crippen LogP contribution in [0.2, 0.25) is 0 Å². The first-order valence-corrected chi connectivity index (χ1v) is 7.40. The van der Waals surface area contributed by atoms with Crippen LogP contribution in [0.25, 0.3) is 10.9 Å². The summed E-state index contributed by atoms with van der Waals surface area (Å²) in [6.07, 6.45) is 0. The summed E-state index contributed by atoms with van der Waals surface area (Å²) in [4.78, 5) is 2.19. The van der Waals surface area contributed by atoms with E-state index < -0.39 is 0 Å². The first-order valence-electron chi connectivity index (χ1n) is 6.62. The fourth-order valence-electron chi connectivity index (χ4n) is 2.28. The number of anilines is 1. The van der Waals surface area contributed by atoms with Crippen molar-refractivity contribution in [1.29, 1.82) is 0 Å². The van der Waals surface area contributed by atoms with E-state index in [4.69, 9.17) is 0 Å². The number of aromatic nitrogens is 1. The predicted octanol–water partition coefficient (Wildman–Crippen LogP) is 3.30. The van der Waals surface area contributed by atoms with Crippen LogP contribution in [0.5, 0.6) is 0 Å². The van der Waals surface area contributed by atoms with Crippen LogP contribution in [0.4, 0.5) is 5.00 Å². The van der Waals surface area contributed by atoms with Gasteiger partial charge in [0.05, 0.1) is 12.1 Å². The molecule has 0 saturated carbocycles. The SMILES string of the molecule is OCCN(Cc1ccccc1)c1snc2ccccc12. The summed E-state index contributed by atoms with van der Waals surface area (Å²) in [6.45, 7) is 1.54. The molecule has 0 radical (unpaired) electrons. The summed E-state index contributed by atoms with van der Waals surface area (Å²) in [6, 6.07) is 18.4. The van der Waals surface area contributed by atoms with E-state index in [0.29, 0.717) is 6.54 Å². The molecule has 0 spiro atoms. The fraction of sp³-hybridized carbons (Fsp3) is 0.188. The summed E-state index contributed by atoms with van der Waals surface area (Å²) < 4.78 is 4.48. The summed E-state index contributed by atoms with van der Waals surface area (Å²) in [5.41, 5.74) is 2.25. The minimum absolute atomic E-state index is 0.138. The van der Waals surface area contributed by atoms with Gasteiger partial charge in [-0.1, -0.05) is 42.5 Å². The highest BCUT2D eigenvalue weighted by atomic mass is 32.1. The number of aliphatic hydroxyl groups is 1. The van der Waals surface area contributed by atoms with Crippen molar-refractivity contribution in [2.45, 2.75) is 6.54 Å². The van der Waals surface area contributed by atoms with Gasteiger partial charge in [0.1, 0.15) is 5.00 Å². The Morgan fingerprint density at radius 1 is 1.00 bits per heavy atom. The molecule has 2 aromatic carbocycles. The molecule has 4 heteroatoms. The molecule has 3 rings (SSSR count). The highest BCUT2D eigenvalue weighted by molar-refractivity contribution is 7.11. The van der Waals surface area contributed by atoms with E-state index in [9.17, 15) is 5.11 Å². The quantitative estimate of drug-likeness (QED) is 0.781. The second kappa shape index (κ2) is 6.03. The lowest BCUT2D eigenvalue weighted by Crippen LogP contribution is -2.25. The average molecular weight is 284 g/mol. The molecule has 0 atom stereocenters. The molecule has 1 aromatic heterocycles. The van der Waals surface area contributed by atoms with Gasteiger partial charge in [0.2, 0.25) is 0 Å². The van der Waals surface area contributed by atoms with E-state index in [1.54, 1.807) is 0 Å². The lowest BCUT2D eigenvalue weighted by Gasteiger charge is -2.22. The Bertz CT molecular complexity index is 681. The zero-order valence-corrected chi connectivity index (χ0v) is 11.9. The fourth-order valence-corrected chi connectivity index (χ4v) is 3.17. The largest absolute Gasteiger partial charge is 0.395 e. The Kier molecular flexibility index (Phi) is 3.95. The van der Waals surface area contributed by atoms with E-state index >= 15 is 0 Å². The minimum Gasteiger partial charge on any atom is -0.395 e. The maximum Gasteiger partial charge on any atom is 0.120 e. The molecule has 0 aliphatic rings. The molecular formula is C16H16N2OS. The van der Waals surface area contributed by atoms with E-state index in [0.717, 1.165) is 22.4 Å².